The van der Waals surface area contributed by atoms with E-state index in [2.05, 4.69) is 0 Å². The Kier molecular flexibility index (Phi) is 4.02. The van der Waals surface area contributed by atoms with Gasteiger partial charge in [0, 0.05) is 12.1 Å². The number of nitrogens with one attached hydrogen (secondary N) is 1. The number of hydrogen-bond acceptors (Lipinski definition) is 4. The van der Waals surface area contributed by atoms with Gasteiger partial charge < -0.3 is 5.11 Å². The summed E-state index contributed by atoms with van der Waals surface area (Å²) in [5.41, 5.74) is -0.709. The van der Waals surface area contributed by atoms with Crippen LogP contribution in [0.5, 0.6) is 0 Å². The molecule has 9 heteroatoms. The lowest BCUT2D eigenvalue weighted by Gasteiger charge is -2.09. The van der Waals surface area contributed by atoms with Crippen molar-refractivity contribution in [2.24, 2.45) is 0 Å². The first-order valence-electron chi connectivity index (χ1n) is 5.19. The van der Waals surface area contributed by atoms with Crippen molar-refractivity contribution in [2.75, 3.05) is 4.72 Å². The van der Waals surface area contributed by atoms with E-state index in [9.17, 15) is 21.6 Å². The second kappa shape index (κ2) is 5.43. The van der Waals surface area contributed by atoms with E-state index >= 15 is 0 Å². The summed E-state index contributed by atoms with van der Waals surface area (Å²) in [6.45, 7) is -0.506. The molecule has 0 aliphatic heterocycles. The van der Waals surface area contributed by atoms with Crippen LogP contribution < -0.4 is 4.72 Å². The Morgan fingerprint density at radius 2 is 1.80 bits per heavy atom. The number of aliphatic hydroxyl groups excluding tert-OH is 1. The Balaban J connectivity index is 2.41. The van der Waals surface area contributed by atoms with Gasteiger partial charge in [0.2, 0.25) is 0 Å². The number of sulfonamides is 1. The van der Waals surface area contributed by atoms with Gasteiger partial charge in [-0.1, -0.05) is 0 Å². The highest BCUT2D eigenvalue weighted by Gasteiger charge is 2.22. The molecule has 0 aliphatic carbocycles. The zero-order valence-corrected chi connectivity index (χ0v) is 11.4. The minimum absolute atomic E-state index is 0.153. The van der Waals surface area contributed by atoms with Crippen molar-refractivity contribution < 1.29 is 26.7 Å². The molecule has 0 unspecified atom stereocenters. The fourth-order valence-corrected chi connectivity index (χ4v) is 3.84. The predicted molar refractivity (Wildman–Crippen MR) is 67.4 cm³/mol. The molecular weight excluding hydrogens is 315 g/mol. The van der Waals surface area contributed by atoms with Crippen LogP contribution in [0, 0.1) is 17.5 Å². The number of anilines is 1. The van der Waals surface area contributed by atoms with Crippen LogP contribution in [0.2, 0.25) is 0 Å². The van der Waals surface area contributed by atoms with Gasteiger partial charge in [0.25, 0.3) is 10.0 Å². The third kappa shape index (κ3) is 2.79. The highest BCUT2D eigenvalue weighted by Crippen LogP contribution is 2.26. The van der Waals surface area contributed by atoms with Crippen molar-refractivity contribution in [1.29, 1.82) is 0 Å². The van der Waals surface area contributed by atoms with Gasteiger partial charge in [0.15, 0.2) is 11.6 Å². The SMILES string of the molecule is O=S(=O)(Nc1cc(F)c(F)cc1F)c1ccsc1CO. The van der Waals surface area contributed by atoms with Gasteiger partial charge in [0.1, 0.15) is 10.7 Å². The number of aliphatic hydroxyl groups is 1. The van der Waals surface area contributed by atoms with Crippen molar-refractivity contribution in [1.82, 2.24) is 0 Å². The van der Waals surface area contributed by atoms with E-state index in [1.807, 2.05) is 4.72 Å². The lowest BCUT2D eigenvalue weighted by molar-refractivity contribution is 0.282. The molecule has 2 rings (SSSR count). The monoisotopic (exact) mass is 323 g/mol. The van der Waals surface area contributed by atoms with Gasteiger partial charge in [-0.25, -0.2) is 21.6 Å². The van der Waals surface area contributed by atoms with E-state index < -0.39 is 39.8 Å². The number of thiophene rings is 1. The quantitative estimate of drug-likeness (QED) is 0.850. The molecule has 20 heavy (non-hydrogen) atoms. The van der Waals surface area contributed by atoms with Crippen LogP contribution in [-0.4, -0.2) is 13.5 Å². The van der Waals surface area contributed by atoms with Crippen LogP contribution in [0.25, 0.3) is 0 Å². The largest absolute Gasteiger partial charge is 0.391 e. The van der Waals surface area contributed by atoms with Crippen molar-refractivity contribution in [3.8, 4) is 0 Å². The third-order valence-electron chi connectivity index (χ3n) is 2.39. The van der Waals surface area contributed by atoms with Crippen molar-refractivity contribution in [3.63, 3.8) is 0 Å². The van der Waals surface area contributed by atoms with Crippen molar-refractivity contribution in [3.05, 3.63) is 45.9 Å². The molecule has 0 atom stereocenters. The fourth-order valence-electron chi connectivity index (χ4n) is 1.48. The van der Waals surface area contributed by atoms with E-state index in [4.69, 9.17) is 5.11 Å². The van der Waals surface area contributed by atoms with E-state index in [0.717, 1.165) is 11.3 Å². The van der Waals surface area contributed by atoms with Crippen molar-refractivity contribution >= 4 is 27.0 Å². The third-order valence-corrected chi connectivity index (χ3v) is 4.88. The summed E-state index contributed by atoms with van der Waals surface area (Å²) in [4.78, 5) is -0.0883. The van der Waals surface area contributed by atoms with E-state index in [1.165, 1.54) is 11.4 Å². The van der Waals surface area contributed by atoms with Crippen LogP contribution in [0.4, 0.5) is 18.9 Å². The standard InChI is InChI=1S/C11H8F3NO3S2/c12-6-3-8(14)9(4-7(6)13)15-20(17,18)11-1-2-19-10(11)5-16/h1-4,15-16H,5H2. The van der Waals surface area contributed by atoms with Crippen LogP contribution in [0.15, 0.2) is 28.5 Å². The van der Waals surface area contributed by atoms with Gasteiger partial charge in [0.05, 0.1) is 17.2 Å². The lowest BCUT2D eigenvalue weighted by atomic mass is 10.3. The van der Waals surface area contributed by atoms with Crippen molar-refractivity contribution in [2.45, 2.75) is 11.5 Å². The summed E-state index contributed by atoms with van der Waals surface area (Å²) < 4.78 is 65.0. The molecular formula is C11H8F3NO3S2. The maximum absolute atomic E-state index is 13.4. The number of halogens is 3. The van der Waals surface area contributed by atoms with E-state index in [1.54, 1.807) is 0 Å². The predicted octanol–water partition coefficient (Wildman–Crippen LogP) is 2.46. The highest BCUT2D eigenvalue weighted by atomic mass is 32.2. The Hall–Kier alpha value is -1.58. The van der Waals surface area contributed by atoms with E-state index in [-0.39, 0.29) is 15.8 Å². The number of benzene rings is 1. The molecule has 0 spiro atoms. The first kappa shape index (κ1) is 14.8. The molecule has 0 amide bonds. The maximum atomic E-state index is 13.4. The van der Waals surface area contributed by atoms with Gasteiger partial charge in [-0.2, -0.15) is 0 Å². The molecule has 0 radical (unpaired) electrons. The van der Waals surface area contributed by atoms with Gasteiger partial charge >= 0.3 is 0 Å². The first-order chi connectivity index (χ1) is 9.35. The van der Waals surface area contributed by atoms with Gasteiger partial charge in [-0.15, -0.1) is 11.3 Å². The molecule has 2 aromatic rings. The average Bonchev–Trinajstić information content (AvgIpc) is 2.84. The Morgan fingerprint density at radius 1 is 1.15 bits per heavy atom. The molecule has 0 aliphatic rings. The highest BCUT2D eigenvalue weighted by molar-refractivity contribution is 7.93. The Bertz CT molecular complexity index is 743. The normalized spacial score (nSPS) is 11.6. The number of rotatable bonds is 4. The topological polar surface area (TPSA) is 66.4 Å². The smallest absolute Gasteiger partial charge is 0.263 e. The van der Waals surface area contributed by atoms with Crippen LogP contribution in [-0.2, 0) is 16.6 Å². The second-order valence-corrected chi connectivity index (χ2v) is 6.37. The first-order valence-corrected chi connectivity index (χ1v) is 7.56. The molecule has 0 bridgehead atoms. The molecule has 2 N–H and O–H groups in total. The summed E-state index contributed by atoms with van der Waals surface area (Å²) >= 11 is 1.000. The average molecular weight is 323 g/mol. The van der Waals surface area contributed by atoms with Crippen LogP contribution in [0.1, 0.15) is 4.88 Å². The maximum Gasteiger partial charge on any atom is 0.263 e. The summed E-state index contributed by atoms with van der Waals surface area (Å²) in [5.74, 6) is -4.04. The summed E-state index contributed by atoms with van der Waals surface area (Å²) in [6, 6.07) is 1.87. The van der Waals surface area contributed by atoms with Gasteiger partial charge in [-0.3, -0.25) is 4.72 Å². The van der Waals surface area contributed by atoms with Crippen LogP contribution in [0.3, 0.4) is 0 Å². The summed E-state index contributed by atoms with van der Waals surface area (Å²) in [7, 11) is -4.19. The van der Waals surface area contributed by atoms with Gasteiger partial charge in [-0.05, 0) is 11.4 Å². The Morgan fingerprint density at radius 3 is 2.45 bits per heavy atom. The zero-order chi connectivity index (χ0) is 14.9. The number of hydrogen-bond donors (Lipinski definition) is 2. The Labute approximate surface area is 116 Å². The molecule has 1 heterocycles. The molecule has 108 valence electrons. The van der Waals surface area contributed by atoms with Crippen LogP contribution >= 0.6 is 11.3 Å². The molecule has 0 saturated carbocycles. The molecule has 1 aromatic carbocycles. The fraction of sp³-hybridized carbons (Fsp3) is 0.0909. The molecule has 1 aromatic heterocycles. The lowest BCUT2D eigenvalue weighted by Crippen LogP contribution is -2.15. The minimum atomic E-state index is -4.19. The summed E-state index contributed by atoms with van der Waals surface area (Å²) in [6.07, 6.45) is 0. The second-order valence-electron chi connectivity index (χ2n) is 3.72. The molecule has 0 fully saturated rings. The molecule has 4 nitrogen and oxygen atoms in total. The minimum Gasteiger partial charge on any atom is -0.391 e. The van der Waals surface area contributed by atoms with E-state index in [0.29, 0.717) is 6.07 Å². The molecule has 0 saturated heterocycles. The zero-order valence-electron chi connectivity index (χ0n) is 9.73. The summed E-state index contributed by atoms with van der Waals surface area (Å²) in [5, 5.41) is 10.4.